The van der Waals surface area contributed by atoms with Gasteiger partial charge in [-0.25, -0.2) is 14.5 Å². The fourth-order valence-corrected chi connectivity index (χ4v) is 1.68. The van der Waals surface area contributed by atoms with Crippen LogP contribution in [0.5, 0.6) is 0 Å². The van der Waals surface area contributed by atoms with Crippen LogP contribution in [0.25, 0.3) is 11.5 Å². The maximum Gasteiger partial charge on any atom is 0.522 e. The monoisotopic (exact) mass is 305 g/mol. The molecule has 21 heavy (non-hydrogen) atoms. The van der Waals surface area contributed by atoms with E-state index in [2.05, 4.69) is 20.0 Å². The van der Waals surface area contributed by atoms with E-state index in [1.54, 1.807) is 13.2 Å². The number of imidazole rings is 1. The number of aromatic nitrogens is 5. The molecule has 0 fully saturated rings. The highest BCUT2D eigenvalue weighted by Gasteiger charge is 2.29. The lowest BCUT2D eigenvalue weighted by Gasteiger charge is -2.09. The predicted octanol–water partition coefficient (Wildman–Crippen LogP) is 0.913. The summed E-state index contributed by atoms with van der Waals surface area (Å²) in [4.78, 5) is 15.1. The quantitative estimate of drug-likeness (QED) is 0.882. The van der Waals surface area contributed by atoms with E-state index >= 15 is 0 Å². The Balaban J connectivity index is 2.30. The molecule has 0 radical (unpaired) electrons. The lowest BCUT2D eigenvalue weighted by molar-refractivity contribution is -0.325. The molecule has 0 atom stereocenters. The highest BCUT2D eigenvalue weighted by Crippen LogP contribution is 2.21. The maximum atomic E-state index is 12.0. The van der Waals surface area contributed by atoms with Crippen LogP contribution in [0.3, 0.4) is 0 Å². The summed E-state index contributed by atoms with van der Waals surface area (Å²) < 4.78 is 42.0. The van der Waals surface area contributed by atoms with Crippen molar-refractivity contribution in [2.45, 2.75) is 12.9 Å². The van der Waals surface area contributed by atoms with Gasteiger partial charge in [-0.05, 0) is 0 Å². The molecule has 0 saturated heterocycles. The molecule has 2 aromatic rings. The summed E-state index contributed by atoms with van der Waals surface area (Å²) in [6.45, 7) is -1.04. The van der Waals surface area contributed by atoms with Gasteiger partial charge in [-0.15, -0.1) is 18.3 Å². The van der Waals surface area contributed by atoms with Crippen molar-refractivity contribution in [3.05, 3.63) is 18.1 Å². The van der Waals surface area contributed by atoms with Gasteiger partial charge in [-0.1, -0.05) is 5.21 Å². The Bertz CT molecular complexity index is 649. The Morgan fingerprint density at radius 3 is 2.71 bits per heavy atom. The van der Waals surface area contributed by atoms with Gasteiger partial charge in [0.15, 0.2) is 5.82 Å². The second-order valence-corrected chi connectivity index (χ2v) is 3.97. The molecule has 0 aromatic carbocycles. The summed E-state index contributed by atoms with van der Waals surface area (Å²) in [5.41, 5.74) is -0.378. The Hall–Kier alpha value is -2.43. The smallest absolute Gasteiger partial charge is 0.476 e. The van der Waals surface area contributed by atoms with Gasteiger partial charge in [0.2, 0.25) is 5.69 Å². The van der Waals surface area contributed by atoms with E-state index in [1.807, 2.05) is 0 Å². The molecule has 114 valence electrons. The molecular formula is C10H10F3N5O3. The van der Waals surface area contributed by atoms with Gasteiger partial charge >= 0.3 is 12.3 Å². The zero-order chi connectivity index (χ0) is 15.6. The van der Waals surface area contributed by atoms with E-state index in [0.717, 1.165) is 4.68 Å². The van der Waals surface area contributed by atoms with Crippen molar-refractivity contribution < 1.29 is 27.8 Å². The van der Waals surface area contributed by atoms with Crippen molar-refractivity contribution in [3.8, 4) is 11.5 Å². The molecule has 0 amide bonds. The minimum Gasteiger partial charge on any atom is -0.476 e. The second-order valence-electron chi connectivity index (χ2n) is 3.97. The first-order valence-electron chi connectivity index (χ1n) is 5.65. The number of alkyl halides is 3. The molecule has 8 nitrogen and oxygen atoms in total. The normalized spacial score (nSPS) is 11.8. The van der Waals surface area contributed by atoms with Gasteiger partial charge < -0.3 is 9.67 Å². The van der Waals surface area contributed by atoms with Crippen molar-refractivity contribution in [3.63, 3.8) is 0 Å². The van der Waals surface area contributed by atoms with E-state index in [0.29, 0.717) is 0 Å². The average molecular weight is 305 g/mol. The van der Waals surface area contributed by atoms with Gasteiger partial charge in [-0.3, -0.25) is 4.74 Å². The van der Waals surface area contributed by atoms with Crippen LogP contribution < -0.4 is 0 Å². The third-order valence-corrected chi connectivity index (χ3v) is 2.54. The Labute approximate surface area is 115 Å². The first kappa shape index (κ1) is 15.0. The van der Waals surface area contributed by atoms with Crippen LogP contribution in [-0.2, 0) is 18.3 Å². The van der Waals surface area contributed by atoms with Crippen molar-refractivity contribution in [2.75, 3.05) is 6.61 Å². The van der Waals surface area contributed by atoms with Crippen LogP contribution in [0.4, 0.5) is 13.2 Å². The minimum atomic E-state index is -4.76. The first-order valence-corrected chi connectivity index (χ1v) is 5.65. The molecule has 0 saturated carbocycles. The first-order chi connectivity index (χ1) is 9.79. The van der Waals surface area contributed by atoms with Gasteiger partial charge in [0.1, 0.15) is 5.69 Å². The van der Waals surface area contributed by atoms with E-state index in [1.165, 1.54) is 10.8 Å². The number of aryl methyl sites for hydroxylation is 1. The fraction of sp³-hybridized carbons (Fsp3) is 0.400. The van der Waals surface area contributed by atoms with Crippen molar-refractivity contribution in [1.82, 2.24) is 24.5 Å². The molecule has 0 bridgehead atoms. The average Bonchev–Trinajstić information content (AvgIpc) is 2.93. The SMILES string of the molecule is Cn1ccnc1-c1c(C(=O)O)nnn1CCOC(F)(F)F. The number of rotatable bonds is 5. The van der Waals surface area contributed by atoms with E-state index in [4.69, 9.17) is 5.11 Å². The topological polar surface area (TPSA) is 95.1 Å². The van der Waals surface area contributed by atoms with Crippen LogP contribution in [0.15, 0.2) is 12.4 Å². The molecular weight excluding hydrogens is 295 g/mol. The molecule has 0 aliphatic heterocycles. The molecule has 0 spiro atoms. The number of aromatic carboxylic acids is 1. The number of hydrogen-bond acceptors (Lipinski definition) is 5. The Morgan fingerprint density at radius 2 is 2.19 bits per heavy atom. The summed E-state index contributed by atoms with van der Waals surface area (Å²) in [5.74, 6) is -1.12. The predicted molar refractivity (Wildman–Crippen MR) is 61.2 cm³/mol. The highest BCUT2D eigenvalue weighted by atomic mass is 19.4. The van der Waals surface area contributed by atoms with Crippen molar-refractivity contribution in [2.24, 2.45) is 7.05 Å². The summed E-state index contributed by atoms with van der Waals surface area (Å²) in [6.07, 6.45) is -1.78. The van der Waals surface area contributed by atoms with Crippen molar-refractivity contribution >= 4 is 5.97 Å². The number of halogens is 3. The van der Waals surface area contributed by atoms with E-state index in [9.17, 15) is 18.0 Å². The number of carbonyl (C=O) groups is 1. The summed E-state index contributed by atoms with van der Waals surface area (Å²) in [6, 6.07) is 0. The van der Waals surface area contributed by atoms with Crippen LogP contribution >= 0.6 is 0 Å². The maximum absolute atomic E-state index is 12.0. The third-order valence-electron chi connectivity index (χ3n) is 2.54. The van der Waals surface area contributed by atoms with Crippen LogP contribution in [-0.4, -0.2) is 48.6 Å². The second kappa shape index (κ2) is 5.52. The Kier molecular flexibility index (Phi) is 3.93. The number of nitrogens with zero attached hydrogens (tertiary/aromatic N) is 5. The zero-order valence-electron chi connectivity index (χ0n) is 10.7. The number of carboxylic acids is 1. The summed E-state index contributed by atoms with van der Waals surface area (Å²) >= 11 is 0. The fourth-order valence-electron chi connectivity index (χ4n) is 1.68. The van der Waals surface area contributed by atoms with Gasteiger partial charge in [0.05, 0.1) is 13.2 Å². The lowest BCUT2D eigenvalue weighted by Crippen LogP contribution is -2.18. The highest BCUT2D eigenvalue weighted by molar-refractivity contribution is 5.91. The lowest BCUT2D eigenvalue weighted by atomic mass is 10.3. The standard InChI is InChI=1S/C10H10F3N5O3/c1-17-3-2-14-8(17)7-6(9(19)20)15-16-18(7)4-5-21-10(11,12)13/h2-3H,4-5H2,1H3,(H,19,20). The number of hydrogen-bond donors (Lipinski definition) is 1. The van der Waals surface area contributed by atoms with Gasteiger partial charge in [0, 0.05) is 19.4 Å². The molecule has 0 aliphatic rings. The summed E-state index contributed by atoms with van der Waals surface area (Å²) in [5, 5.41) is 16.0. The van der Waals surface area contributed by atoms with Crippen LogP contribution in [0, 0.1) is 0 Å². The van der Waals surface area contributed by atoms with Crippen LogP contribution in [0.1, 0.15) is 10.5 Å². The summed E-state index contributed by atoms with van der Waals surface area (Å²) in [7, 11) is 1.61. The largest absolute Gasteiger partial charge is 0.522 e. The number of ether oxygens (including phenoxy) is 1. The van der Waals surface area contributed by atoms with Gasteiger partial charge in [0.25, 0.3) is 0 Å². The van der Waals surface area contributed by atoms with Crippen molar-refractivity contribution in [1.29, 1.82) is 0 Å². The zero-order valence-corrected chi connectivity index (χ0v) is 10.7. The molecule has 11 heteroatoms. The molecule has 2 rings (SSSR count). The number of carboxylic acid groups (broad SMARTS) is 1. The molecule has 2 heterocycles. The third kappa shape index (κ3) is 3.37. The molecule has 2 aromatic heterocycles. The Morgan fingerprint density at radius 1 is 1.48 bits per heavy atom. The molecule has 0 aliphatic carbocycles. The van der Waals surface area contributed by atoms with E-state index in [-0.39, 0.29) is 18.1 Å². The van der Waals surface area contributed by atoms with Crippen LogP contribution in [0.2, 0.25) is 0 Å². The molecule has 1 N–H and O–H groups in total. The van der Waals surface area contributed by atoms with Gasteiger partial charge in [-0.2, -0.15) is 0 Å². The molecule has 0 unspecified atom stereocenters. The minimum absolute atomic E-state index is 0.0146. The van der Waals surface area contributed by atoms with E-state index < -0.39 is 24.6 Å².